The minimum absolute atomic E-state index is 0.0138. The van der Waals surface area contributed by atoms with Crippen LogP contribution in [-0.2, 0) is 17.8 Å². The number of nitrogens with one attached hydrogen (secondary N) is 1. The van der Waals surface area contributed by atoms with Crippen LogP contribution in [0.25, 0.3) is 0 Å². The van der Waals surface area contributed by atoms with Gasteiger partial charge in [-0.25, -0.2) is 0 Å². The molecule has 0 aliphatic heterocycles. The Morgan fingerprint density at radius 3 is 2.52 bits per heavy atom. The van der Waals surface area contributed by atoms with Gasteiger partial charge in [-0.15, -0.1) is 0 Å². The second-order valence-electron chi connectivity index (χ2n) is 5.70. The van der Waals surface area contributed by atoms with E-state index >= 15 is 0 Å². The molecule has 0 aliphatic carbocycles. The summed E-state index contributed by atoms with van der Waals surface area (Å²) >= 11 is 0. The van der Waals surface area contributed by atoms with Crippen molar-refractivity contribution in [1.82, 2.24) is 5.32 Å². The van der Waals surface area contributed by atoms with E-state index in [0.29, 0.717) is 13.2 Å². The molecular weight excluding hydrogens is 318 g/mol. The van der Waals surface area contributed by atoms with Gasteiger partial charge in [-0.3, -0.25) is 4.79 Å². The number of rotatable bonds is 9. The molecule has 1 N–H and O–H groups in total. The van der Waals surface area contributed by atoms with E-state index in [2.05, 4.69) is 5.32 Å². The zero-order chi connectivity index (χ0) is 18.1. The first-order chi connectivity index (χ1) is 12.1. The maximum Gasteiger partial charge on any atom is 0.216 e. The van der Waals surface area contributed by atoms with Crippen LogP contribution in [0.2, 0.25) is 0 Å². The van der Waals surface area contributed by atoms with E-state index in [1.54, 1.807) is 14.2 Å². The third kappa shape index (κ3) is 6.03. The topological polar surface area (TPSA) is 56.8 Å². The zero-order valence-electron chi connectivity index (χ0n) is 15.0. The van der Waals surface area contributed by atoms with Crippen LogP contribution >= 0.6 is 0 Å². The Balaban J connectivity index is 2.03. The number of carbonyl (C=O) groups excluding carboxylic acids is 1. The molecule has 0 spiro atoms. The van der Waals surface area contributed by atoms with Gasteiger partial charge in [0.05, 0.1) is 14.2 Å². The Morgan fingerprint density at radius 2 is 1.80 bits per heavy atom. The molecule has 0 saturated heterocycles. The van der Waals surface area contributed by atoms with Crippen LogP contribution in [-0.4, -0.2) is 26.7 Å². The van der Waals surface area contributed by atoms with E-state index in [4.69, 9.17) is 14.2 Å². The van der Waals surface area contributed by atoms with Crippen LogP contribution in [0.3, 0.4) is 0 Å². The molecule has 25 heavy (non-hydrogen) atoms. The average molecular weight is 343 g/mol. The molecule has 0 atom stereocenters. The van der Waals surface area contributed by atoms with Gasteiger partial charge in [-0.2, -0.15) is 0 Å². The fraction of sp³-hybridized carbons (Fsp3) is 0.350. The Kier molecular flexibility index (Phi) is 7.14. The van der Waals surface area contributed by atoms with Gasteiger partial charge >= 0.3 is 0 Å². The Labute approximate surface area is 148 Å². The maximum atomic E-state index is 11.0. The van der Waals surface area contributed by atoms with E-state index in [1.165, 1.54) is 6.92 Å². The van der Waals surface area contributed by atoms with Crippen molar-refractivity contribution in [3.8, 4) is 17.2 Å². The molecule has 0 aromatic heterocycles. The molecule has 0 fully saturated rings. The highest BCUT2D eigenvalue weighted by molar-refractivity contribution is 5.72. The number of hydrogen-bond acceptors (Lipinski definition) is 4. The number of methoxy groups -OCH3 is 2. The van der Waals surface area contributed by atoms with Crippen LogP contribution in [0.5, 0.6) is 17.2 Å². The molecule has 5 nitrogen and oxygen atoms in total. The Bertz CT molecular complexity index is 700. The molecule has 0 aliphatic rings. The average Bonchev–Trinajstić information content (AvgIpc) is 2.64. The van der Waals surface area contributed by atoms with Crippen molar-refractivity contribution in [3.63, 3.8) is 0 Å². The largest absolute Gasteiger partial charge is 0.497 e. The smallest absolute Gasteiger partial charge is 0.216 e. The second-order valence-corrected chi connectivity index (χ2v) is 5.70. The van der Waals surface area contributed by atoms with Gasteiger partial charge in [0, 0.05) is 13.5 Å². The number of ether oxygens (including phenoxy) is 3. The fourth-order valence-corrected chi connectivity index (χ4v) is 2.49. The summed E-state index contributed by atoms with van der Waals surface area (Å²) in [6.45, 7) is 2.62. The number of hydrogen-bond donors (Lipinski definition) is 1. The van der Waals surface area contributed by atoms with E-state index in [9.17, 15) is 4.79 Å². The van der Waals surface area contributed by atoms with Crippen molar-refractivity contribution in [3.05, 3.63) is 53.6 Å². The molecule has 2 aromatic rings. The SMILES string of the molecule is COc1cccc(COc2ccc(OC)cc2CCCNC(C)=O)c1. The predicted octanol–water partition coefficient (Wildman–Crippen LogP) is 3.35. The number of amides is 1. The van der Waals surface area contributed by atoms with Crippen LogP contribution < -0.4 is 19.5 Å². The monoisotopic (exact) mass is 343 g/mol. The van der Waals surface area contributed by atoms with Crippen LogP contribution in [0.15, 0.2) is 42.5 Å². The standard InChI is InChI=1S/C20H25NO4/c1-15(22)21-11-5-7-17-13-19(24-3)9-10-20(17)25-14-16-6-4-8-18(12-16)23-2/h4,6,8-10,12-13H,5,7,11,14H2,1-3H3,(H,21,22). The van der Waals surface area contributed by atoms with Gasteiger partial charge in [0.15, 0.2) is 0 Å². The first-order valence-corrected chi connectivity index (χ1v) is 8.29. The highest BCUT2D eigenvalue weighted by Gasteiger charge is 2.07. The van der Waals surface area contributed by atoms with E-state index in [0.717, 1.165) is 41.2 Å². The van der Waals surface area contributed by atoms with Gasteiger partial charge in [-0.1, -0.05) is 12.1 Å². The van der Waals surface area contributed by atoms with Gasteiger partial charge in [0.2, 0.25) is 5.91 Å². The molecule has 0 bridgehead atoms. The molecule has 5 heteroatoms. The van der Waals surface area contributed by atoms with Crippen molar-refractivity contribution in [2.45, 2.75) is 26.4 Å². The second kappa shape index (κ2) is 9.57. The summed E-state index contributed by atoms with van der Waals surface area (Å²) in [4.78, 5) is 11.0. The molecule has 0 heterocycles. The Hall–Kier alpha value is -2.69. The molecule has 0 radical (unpaired) electrons. The third-order valence-electron chi connectivity index (χ3n) is 3.79. The summed E-state index contributed by atoms with van der Waals surface area (Å²) in [6.07, 6.45) is 1.63. The minimum atomic E-state index is -0.0138. The quantitative estimate of drug-likeness (QED) is 0.710. The van der Waals surface area contributed by atoms with Crippen LogP contribution in [0.4, 0.5) is 0 Å². The lowest BCUT2D eigenvalue weighted by atomic mass is 10.1. The minimum Gasteiger partial charge on any atom is -0.497 e. The third-order valence-corrected chi connectivity index (χ3v) is 3.79. The summed E-state index contributed by atoms with van der Waals surface area (Å²) in [5, 5.41) is 2.81. The first-order valence-electron chi connectivity index (χ1n) is 8.29. The van der Waals surface area contributed by atoms with E-state index in [1.807, 2.05) is 42.5 Å². The normalized spacial score (nSPS) is 10.2. The van der Waals surface area contributed by atoms with Crippen LogP contribution in [0, 0.1) is 0 Å². The molecule has 1 amide bonds. The van der Waals surface area contributed by atoms with E-state index < -0.39 is 0 Å². The summed E-state index contributed by atoms with van der Waals surface area (Å²) in [5.41, 5.74) is 2.10. The maximum absolute atomic E-state index is 11.0. The van der Waals surface area contributed by atoms with Crippen molar-refractivity contribution in [1.29, 1.82) is 0 Å². The summed E-state index contributed by atoms with van der Waals surface area (Å²) < 4.78 is 16.5. The fourth-order valence-electron chi connectivity index (χ4n) is 2.49. The van der Waals surface area contributed by atoms with E-state index in [-0.39, 0.29) is 5.91 Å². The summed E-state index contributed by atoms with van der Waals surface area (Å²) in [5.74, 6) is 2.42. The molecule has 2 rings (SSSR count). The zero-order valence-corrected chi connectivity index (χ0v) is 15.0. The Morgan fingerprint density at radius 1 is 1.04 bits per heavy atom. The van der Waals surface area contributed by atoms with Gasteiger partial charge in [0.25, 0.3) is 0 Å². The van der Waals surface area contributed by atoms with Crippen molar-refractivity contribution in [2.24, 2.45) is 0 Å². The highest BCUT2D eigenvalue weighted by atomic mass is 16.5. The molecule has 134 valence electrons. The number of benzene rings is 2. The van der Waals surface area contributed by atoms with Crippen LogP contribution in [0.1, 0.15) is 24.5 Å². The summed E-state index contributed by atoms with van der Waals surface area (Å²) in [6, 6.07) is 13.6. The van der Waals surface area contributed by atoms with Gasteiger partial charge in [0.1, 0.15) is 23.9 Å². The van der Waals surface area contributed by atoms with Crippen molar-refractivity contribution >= 4 is 5.91 Å². The molecular formula is C20H25NO4. The lowest BCUT2D eigenvalue weighted by Crippen LogP contribution is -2.21. The predicted molar refractivity (Wildman–Crippen MR) is 97.3 cm³/mol. The lowest BCUT2D eigenvalue weighted by molar-refractivity contribution is -0.118. The van der Waals surface area contributed by atoms with Crippen molar-refractivity contribution < 1.29 is 19.0 Å². The van der Waals surface area contributed by atoms with Gasteiger partial charge < -0.3 is 19.5 Å². The van der Waals surface area contributed by atoms with Crippen molar-refractivity contribution in [2.75, 3.05) is 20.8 Å². The molecule has 0 saturated carbocycles. The first kappa shape index (κ1) is 18.6. The molecule has 0 unspecified atom stereocenters. The van der Waals surface area contributed by atoms with Gasteiger partial charge in [-0.05, 0) is 54.3 Å². The molecule has 2 aromatic carbocycles. The summed E-state index contributed by atoms with van der Waals surface area (Å²) in [7, 11) is 3.30. The lowest BCUT2D eigenvalue weighted by Gasteiger charge is -2.14. The number of aryl methyl sites for hydroxylation is 1. The highest BCUT2D eigenvalue weighted by Crippen LogP contribution is 2.26. The number of carbonyl (C=O) groups is 1.